The van der Waals surface area contributed by atoms with Crippen LogP contribution in [0.15, 0.2) is 64.2 Å². The molecule has 1 saturated heterocycles. The molecule has 7 nitrogen and oxygen atoms in total. The van der Waals surface area contributed by atoms with Crippen molar-refractivity contribution in [2.75, 3.05) is 44.7 Å². The van der Waals surface area contributed by atoms with Gasteiger partial charge in [-0.15, -0.1) is 0 Å². The second-order valence-corrected chi connectivity index (χ2v) is 8.23. The predicted molar refractivity (Wildman–Crippen MR) is 127 cm³/mol. The summed E-state index contributed by atoms with van der Waals surface area (Å²) in [6, 6.07) is 16.6. The second kappa shape index (κ2) is 9.97. The lowest BCUT2D eigenvalue weighted by Gasteiger charge is -2.26. The van der Waals surface area contributed by atoms with Gasteiger partial charge in [0.2, 0.25) is 0 Å². The number of aryl methyl sites for hydroxylation is 2. The summed E-state index contributed by atoms with van der Waals surface area (Å²) < 4.78 is 8.20. The molecule has 32 heavy (non-hydrogen) atoms. The van der Waals surface area contributed by atoms with Gasteiger partial charge in [0.15, 0.2) is 0 Å². The number of rotatable bonds is 7. The van der Waals surface area contributed by atoms with Crippen molar-refractivity contribution in [3.05, 3.63) is 86.6 Å². The van der Waals surface area contributed by atoms with Crippen LogP contribution in [0.2, 0.25) is 0 Å². The average molecular weight is 435 g/mol. The Bertz CT molecular complexity index is 1160. The molecule has 0 atom stereocenters. The third kappa shape index (κ3) is 5.00. The Kier molecular flexibility index (Phi) is 6.87. The number of hydrogen-bond acceptors (Lipinski definition) is 5. The molecule has 1 aromatic heterocycles. The molecule has 1 aliphatic heterocycles. The monoisotopic (exact) mass is 434 g/mol. The van der Waals surface area contributed by atoms with Crippen molar-refractivity contribution < 1.29 is 4.74 Å². The number of aromatic nitrogens is 2. The molecular formula is C25H30N4O3. The Morgan fingerprint density at radius 2 is 1.41 bits per heavy atom. The first-order chi connectivity index (χ1) is 15.5. The molecule has 3 aromatic rings. The van der Waals surface area contributed by atoms with Crippen molar-refractivity contribution in [1.29, 1.82) is 0 Å². The average Bonchev–Trinajstić information content (AvgIpc) is 2.79. The van der Waals surface area contributed by atoms with Crippen molar-refractivity contribution in [1.82, 2.24) is 14.0 Å². The Hall–Kier alpha value is -3.16. The maximum absolute atomic E-state index is 13.5. The molecular weight excluding hydrogens is 404 g/mol. The summed E-state index contributed by atoms with van der Waals surface area (Å²) in [5.74, 6) is 0.509. The summed E-state index contributed by atoms with van der Waals surface area (Å²) in [6.07, 6.45) is 0.906. The Balaban J connectivity index is 1.65. The largest absolute Gasteiger partial charge is 0.379 e. The zero-order valence-corrected chi connectivity index (χ0v) is 18.7. The number of morpholine rings is 1. The fourth-order valence-electron chi connectivity index (χ4n) is 3.89. The van der Waals surface area contributed by atoms with Crippen LogP contribution >= 0.6 is 0 Å². The molecule has 1 aliphatic rings. The fraction of sp³-hybridized carbons (Fsp3) is 0.360. The molecule has 1 N–H and O–H groups in total. The van der Waals surface area contributed by atoms with E-state index in [-0.39, 0.29) is 11.2 Å². The lowest BCUT2D eigenvalue weighted by Crippen LogP contribution is -2.39. The molecule has 0 saturated carbocycles. The molecule has 0 aliphatic carbocycles. The Labute approximate surface area is 187 Å². The molecule has 2 aromatic carbocycles. The van der Waals surface area contributed by atoms with E-state index in [1.54, 1.807) is 16.7 Å². The van der Waals surface area contributed by atoms with Gasteiger partial charge in [0.25, 0.3) is 5.56 Å². The smallest absolute Gasteiger partial charge is 0.341 e. The summed E-state index contributed by atoms with van der Waals surface area (Å²) in [5.41, 5.74) is 2.72. The van der Waals surface area contributed by atoms with Crippen LogP contribution in [0, 0.1) is 13.8 Å². The summed E-state index contributed by atoms with van der Waals surface area (Å²) in [7, 11) is 0. The highest BCUT2D eigenvalue weighted by atomic mass is 16.5. The lowest BCUT2D eigenvalue weighted by atomic mass is 10.2. The van der Waals surface area contributed by atoms with Crippen molar-refractivity contribution in [3.8, 4) is 11.4 Å². The van der Waals surface area contributed by atoms with Crippen molar-refractivity contribution in [2.24, 2.45) is 0 Å². The highest BCUT2D eigenvalue weighted by Gasteiger charge is 2.15. The van der Waals surface area contributed by atoms with Crippen LogP contribution in [0.5, 0.6) is 0 Å². The van der Waals surface area contributed by atoms with E-state index in [4.69, 9.17) is 4.74 Å². The molecule has 0 radical (unpaired) electrons. The van der Waals surface area contributed by atoms with Gasteiger partial charge in [-0.1, -0.05) is 35.4 Å². The molecule has 2 heterocycles. The van der Waals surface area contributed by atoms with Crippen LogP contribution in [0.1, 0.15) is 17.5 Å². The molecule has 7 heteroatoms. The van der Waals surface area contributed by atoms with Gasteiger partial charge >= 0.3 is 5.69 Å². The first-order valence-corrected chi connectivity index (χ1v) is 11.1. The van der Waals surface area contributed by atoms with E-state index in [0.29, 0.717) is 18.1 Å². The summed E-state index contributed by atoms with van der Waals surface area (Å²) in [4.78, 5) is 28.8. The van der Waals surface area contributed by atoms with Gasteiger partial charge in [-0.3, -0.25) is 9.69 Å². The third-order valence-corrected chi connectivity index (χ3v) is 5.75. The zero-order chi connectivity index (χ0) is 22.5. The van der Waals surface area contributed by atoms with Crippen LogP contribution < -0.4 is 16.6 Å². The van der Waals surface area contributed by atoms with Gasteiger partial charge in [-0.2, -0.15) is 0 Å². The summed E-state index contributed by atoms with van der Waals surface area (Å²) in [5, 5.41) is 3.33. The number of nitrogens with one attached hydrogen (secondary N) is 1. The van der Waals surface area contributed by atoms with Crippen LogP contribution in [-0.2, 0) is 4.74 Å². The van der Waals surface area contributed by atoms with Gasteiger partial charge in [0.1, 0.15) is 5.82 Å². The van der Waals surface area contributed by atoms with Crippen LogP contribution in [0.4, 0.5) is 5.82 Å². The number of nitrogens with zero attached hydrogens (tertiary/aromatic N) is 3. The van der Waals surface area contributed by atoms with Gasteiger partial charge in [-0.25, -0.2) is 13.9 Å². The van der Waals surface area contributed by atoms with Gasteiger partial charge < -0.3 is 10.1 Å². The normalized spacial score (nSPS) is 14.4. The Morgan fingerprint density at radius 3 is 2.00 bits per heavy atom. The van der Waals surface area contributed by atoms with Gasteiger partial charge in [0, 0.05) is 25.7 Å². The number of anilines is 1. The van der Waals surface area contributed by atoms with Crippen LogP contribution in [-0.4, -0.2) is 53.4 Å². The first-order valence-electron chi connectivity index (χ1n) is 11.1. The summed E-state index contributed by atoms with van der Waals surface area (Å²) in [6.45, 7) is 9.03. The third-order valence-electron chi connectivity index (χ3n) is 5.75. The van der Waals surface area contributed by atoms with E-state index in [9.17, 15) is 9.59 Å². The summed E-state index contributed by atoms with van der Waals surface area (Å²) >= 11 is 0. The topological polar surface area (TPSA) is 68.5 Å². The van der Waals surface area contributed by atoms with Gasteiger partial charge in [0.05, 0.1) is 24.6 Å². The molecule has 0 bridgehead atoms. The van der Waals surface area contributed by atoms with Crippen LogP contribution in [0.25, 0.3) is 11.4 Å². The van der Waals surface area contributed by atoms with E-state index in [1.807, 2.05) is 50.2 Å². The maximum atomic E-state index is 13.5. The van der Waals surface area contributed by atoms with E-state index in [1.165, 1.54) is 10.6 Å². The van der Waals surface area contributed by atoms with Crippen LogP contribution in [0.3, 0.4) is 0 Å². The number of ether oxygens (including phenoxy) is 1. The highest BCUT2D eigenvalue weighted by molar-refractivity contribution is 5.47. The van der Waals surface area contributed by atoms with Crippen molar-refractivity contribution >= 4 is 5.82 Å². The number of benzene rings is 2. The number of hydrogen-bond donors (Lipinski definition) is 1. The van der Waals surface area contributed by atoms with Gasteiger partial charge in [-0.05, 0) is 51.1 Å². The highest BCUT2D eigenvalue weighted by Crippen LogP contribution is 2.14. The lowest BCUT2D eigenvalue weighted by molar-refractivity contribution is 0.0378. The Morgan fingerprint density at radius 1 is 0.844 bits per heavy atom. The predicted octanol–water partition coefficient (Wildman–Crippen LogP) is 2.74. The molecule has 1 fully saturated rings. The quantitative estimate of drug-likeness (QED) is 0.579. The second-order valence-electron chi connectivity index (χ2n) is 8.23. The molecule has 0 unspecified atom stereocenters. The fourth-order valence-corrected chi connectivity index (χ4v) is 3.89. The minimum Gasteiger partial charge on any atom is -0.379 e. The minimum absolute atomic E-state index is 0.349. The van der Waals surface area contributed by atoms with E-state index in [0.717, 1.165) is 56.1 Å². The maximum Gasteiger partial charge on any atom is 0.341 e. The molecule has 168 valence electrons. The minimum atomic E-state index is -0.388. The standard InChI is InChI=1S/C25H30N4O3/c1-19-4-8-21(9-5-19)28-23(26-12-3-13-27-14-16-32-17-15-27)18-24(30)29(25(28)31)22-10-6-20(2)7-11-22/h4-11,18,26H,3,12-17H2,1-2H3. The van der Waals surface area contributed by atoms with E-state index in [2.05, 4.69) is 10.2 Å². The SMILES string of the molecule is Cc1ccc(-n2c(NCCCN3CCOCC3)cc(=O)n(-c3ccc(C)cc3)c2=O)cc1. The van der Waals surface area contributed by atoms with E-state index >= 15 is 0 Å². The van der Waals surface area contributed by atoms with Crippen molar-refractivity contribution in [3.63, 3.8) is 0 Å². The molecule has 0 amide bonds. The molecule has 4 rings (SSSR count). The van der Waals surface area contributed by atoms with E-state index < -0.39 is 0 Å². The first kappa shape index (κ1) is 22.0. The molecule has 0 spiro atoms. The van der Waals surface area contributed by atoms with Crippen molar-refractivity contribution in [2.45, 2.75) is 20.3 Å². The zero-order valence-electron chi connectivity index (χ0n) is 18.7.